The van der Waals surface area contributed by atoms with E-state index in [1.165, 1.54) is 6.07 Å². The van der Waals surface area contributed by atoms with Crippen LogP contribution in [0.5, 0.6) is 0 Å². The lowest BCUT2D eigenvalue weighted by atomic mass is 10.2. The molecular formula is C15H17N7O2. The van der Waals surface area contributed by atoms with Crippen molar-refractivity contribution in [2.75, 3.05) is 31.2 Å². The fraction of sp³-hybridized carbons (Fsp3) is 0.333. The van der Waals surface area contributed by atoms with Gasteiger partial charge in [0.2, 0.25) is 11.5 Å². The van der Waals surface area contributed by atoms with Crippen LogP contribution in [0.3, 0.4) is 0 Å². The summed E-state index contributed by atoms with van der Waals surface area (Å²) in [7, 11) is 0. The number of hydrogen-bond acceptors (Lipinski definition) is 7. The second-order valence-corrected chi connectivity index (χ2v) is 5.48. The van der Waals surface area contributed by atoms with Crippen molar-refractivity contribution in [3.8, 4) is 11.3 Å². The molecule has 124 valence electrons. The Bertz CT molecular complexity index is 907. The van der Waals surface area contributed by atoms with E-state index in [-0.39, 0.29) is 12.2 Å². The largest absolute Gasteiger partial charge is 0.378 e. The van der Waals surface area contributed by atoms with Gasteiger partial charge >= 0.3 is 0 Å². The van der Waals surface area contributed by atoms with Crippen molar-refractivity contribution < 1.29 is 4.74 Å². The van der Waals surface area contributed by atoms with E-state index in [1.807, 2.05) is 0 Å². The average molecular weight is 327 g/mol. The number of nitrogens with two attached hydrogens (primary N) is 1. The van der Waals surface area contributed by atoms with E-state index in [4.69, 9.17) is 15.5 Å². The molecule has 0 unspecified atom stereocenters. The number of hydrogen-bond donors (Lipinski definition) is 2. The minimum atomic E-state index is -0.162. The predicted molar refractivity (Wildman–Crippen MR) is 88.6 cm³/mol. The number of ether oxygens (including phenoxy) is 1. The zero-order valence-electron chi connectivity index (χ0n) is 13.0. The molecule has 1 aliphatic heterocycles. The number of fused-ring (bicyclic) bond motifs is 1. The zero-order chi connectivity index (χ0) is 16.5. The van der Waals surface area contributed by atoms with Gasteiger partial charge in [-0.15, -0.1) is 0 Å². The Balaban J connectivity index is 1.91. The maximum absolute atomic E-state index is 11.3. The number of morpholine rings is 1. The third kappa shape index (κ3) is 2.53. The lowest BCUT2D eigenvalue weighted by Gasteiger charge is -2.27. The van der Waals surface area contributed by atoms with Crippen LogP contribution in [0.15, 0.2) is 29.5 Å². The summed E-state index contributed by atoms with van der Waals surface area (Å²) in [5, 5.41) is 0. The van der Waals surface area contributed by atoms with Crippen molar-refractivity contribution in [3.05, 3.63) is 35.0 Å². The van der Waals surface area contributed by atoms with Crippen molar-refractivity contribution in [2.45, 2.75) is 6.67 Å². The van der Waals surface area contributed by atoms with Gasteiger partial charge in [0.15, 0.2) is 5.65 Å². The number of pyridine rings is 1. The summed E-state index contributed by atoms with van der Waals surface area (Å²) >= 11 is 0. The average Bonchev–Trinajstić information content (AvgIpc) is 3.05. The first-order chi connectivity index (χ1) is 11.8. The van der Waals surface area contributed by atoms with Crippen molar-refractivity contribution in [2.24, 2.45) is 5.73 Å². The SMILES string of the molecule is NCn1cnc2c(-c3ccc(=O)[nH]c3)nc(N3CCOCC3)nc21. The van der Waals surface area contributed by atoms with Gasteiger partial charge in [-0.1, -0.05) is 0 Å². The first-order valence-corrected chi connectivity index (χ1v) is 7.71. The number of aromatic nitrogens is 5. The molecule has 3 aromatic rings. The Kier molecular flexibility index (Phi) is 3.71. The van der Waals surface area contributed by atoms with Gasteiger partial charge in [0.1, 0.15) is 11.2 Å². The number of rotatable bonds is 3. The molecule has 4 heterocycles. The maximum Gasteiger partial charge on any atom is 0.247 e. The van der Waals surface area contributed by atoms with E-state index < -0.39 is 0 Å². The van der Waals surface area contributed by atoms with Gasteiger partial charge in [0.25, 0.3) is 0 Å². The third-order valence-electron chi connectivity index (χ3n) is 4.00. The number of H-pyrrole nitrogens is 1. The second-order valence-electron chi connectivity index (χ2n) is 5.48. The molecule has 24 heavy (non-hydrogen) atoms. The molecule has 0 saturated carbocycles. The molecule has 0 spiro atoms. The maximum atomic E-state index is 11.3. The topological polar surface area (TPSA) is 115 Å². The van der Waals surface area contributed by atoms with Gasteiger partial charge in [-0.2, -0.15) is 4.98 Å². The first-order valence-electron chi connectivity index (χ1n) is 7.71. The highest BCUT2D eigenvalue weighted by atomic mass is 16.5. The quantitative estimate of drug-likeness (QED) is 0.692. The molecule has 0 radical (unpaired) electrons. The summed E-state index contributed by atoms with van der Waals surface area (Å²) in [4.78, 5) is 29.8. The van der Waals surface area contributed by atoms with Crippen LogP contribution < -0.4 is 16.2 Å². The molecule has 0 aromatic carbocycles. The van der Waals surface area contributed by atoms with E-state index in [0.717, 1.165) is 18.7 Å². The van der Waals surface area contributed by atoms with Crippen LogP contribution in [0.25, 0.3) is 22.4 Å². The molecule has 0 amide bonds. The number of nitrogens with zero attached hydrogens (tertiary/aromatic N) is 5. The fourth-order valence-electron chi connectivity index (χ4n) is 2.73. The molecule has 0 bridgehead atoms. The zero-order valence-corrected chi connectivity index (χ0v) is 13.0. The molecule has 1 aliphatic rings. The smallest absolute Gasteiger partial charge is 0.247 e. The Morgan fingerprint density at radius 3 is 2.79 bits per heavy atom. The highest BCUT2D eigenvalue weighted by Gasteiger charge is 2.19. The standard InChI is InChI=1S/C15H17N7O2/c16-8-22-9-18-13-12(10-1-2-11(23)17-7-10)19-15(20-14(13)22)21-3-5-24-6-4-21/h1-2,7,9H,3-6,8,16H2,(H,17,23). The Morgan fingerprint density at radius 2 is 2.08 bits per heavy atom. The van der Waals surface area contributed by atoms with Crippen LogP contribution in [-0.2, 0) is 11.4 Å². The van der Waals surface area contributed by atoms with Gasteiger partial charge in [-0.25, -0.2) is 9.97 Å². The van der Waals surface area contributed by atoms with E-state index in [1.54, 1.807) is 23.2 Å². The van der Waals surface area contributed by atoms with Gasteiger partial charge < -0.3 is 24.9 Å². The lowest BCUT2D eigenvalue weighted by Crippen LogP contribution is -2.37. The molecule has 0 atom stereocenters. The van der Waals surface area contributed by atoms with Crippen molar-refractivity contribution >= 4 is 17.1 Å². The van der Waals surface area contributed by atoms with Crippen molar-refractivity contribution in [3.63, 3.8) is 0 Å². The number of anilines is 1. The summed E-state index contributed by atoms with van der Waals surface area (Å²) < 4.78 is 7.17. The normalized spacial score (nSPS) is 15.1. The summed E-state index contributed by atoms with van der Waals surface area (Å²) in [6.45, 7) is 3.03. The minimum Gasteiger partial charge on any atom is -0.378 e. The summed E-state index contributed by atoms with van der Waals surface area (Å²) in [5.74, 6) is 0.613. The molecule has 0 aliphatic carbocycles. The van der Waals surface area contributed by atoms with Crippen LogP contribution in [0.2, 0.25) is 0 Å². The molecule has 3 N–H and O–H groups in total. The highest BCUT2D eigenvalue weighted by Crippen LogP contribution is 2.26. The van der Waals surface area contributed by atoms with Gasteiger partial charge in [0, 0.05) is 30.9 Å². The van der Waals surface area contributed by atoms with Crippen molar-refractivity contribution in [1.29, 1.82) is 0 Å². The lowest BCUT2D eigenvalue weighted by molar-refractivity contribution is 0.122. The molecule has 3 aromatic heterocycles. The number of aromatic amines is 1. The molecule has 9 nitrogen and oxygen atoms in total. The molecule has 1 fully saturated rings. The molecule has 1 saturated heterocycles. The highest BCUT2D eigenvalue weighted by molar-refractivity contribution is 5.88. The number of nitrogens with one attached hydrogen (secondary N) is 1. The van der Waals surface area contributed by atoms with Crippen molar-refractivity contribution in [1.82, 2.24) is 24.5 Å². The Hall–Kier alpha value is -2.78. The van der Waals surface area contributed by atoms with E-state index in [2.05, 4.69) is 19.9 Å². The number of imidazole rings is 1. The van der Waals surface area contributed by atoms with Crippen LogP contribution in [0.1, 0.15) is 0 Å². The van der Waals surface area contributed by atoms with Gasteiger partial charge in [0.05, 0.1) is 26.2 Å². The molecule has 4 rings (SSSR count). The Morgan fingerprint density at radius 1 is 1.25 bits per heavy atom. The summed E-state index contributed by atoms with van der Waals surface area (Å²) in [5.41, 5.74) is 8.40. The summed E-state index contributed by atoms with van der Waals surface area (Å²) in [6, 6.07) is 3.20. The summed E-state index contributed by atoms with van der Waals surface area (Å²) in [6.07, 6.45) is 3.28. The first kappa shape index (κ1) is 14.8. The van der Waals surface area contributed by atoms with Crippen LogP contribution >= 0.6 is 0 Å². The third-order valence-corrected chi connectivity index (χ3v) is 4.00. The van der Waals surface area contributed by atoms with Crippen LogP contribution in [0, 0.1) is 0 Å². The molecular weight excluding hydrogens is 310 g/mol. The van der Waals surface area contributed by atoms with E-state index >= 15 is 0 Å². The Labute approximate surface area is 137 Å². The van der Waals surface area contributed by atoms with Crippen LogP contribution in [0.4, 0.5) is 5.95 Å². The van der Waals surface area contributed by atoms with Gasteiger partial charge in [-0.05, 0) is 6.07 Å². The monoisotopic (exact) mass is 327 g/mol. The minimum absolute atomic E-state index is 0.162. The molecule has 9 heteroatoms. The van der Waals surface area contributed by atoms with E-state index in [0.29, 0.717) is 36.0 Å². The van der Waals surface area contributed by atoms with Gasteiger partial charge in [-0.3, -0.25) is 4.79 Å². The predicted octanol–water partition coefficient (Wildman–Crippen LogP) is -0.0656. The van der Waals surface area contributed by atoms with Crippen LogP contribution in [-0.4, -0.2) is 50.8 Å². The van der Waals surface area contributed by atoms with E-state index in [9.17, 15) is 4.79 Å². The second kappa shape index (κ2) is 6.02. The fourth-order valence-corrected chi connectivity index (χ4v) is 2.73.